The summed E-state index contributed by atoms with van der Waals surface area (Å²) in [4.78, 5) is 8.26. The third kappa shape index (κ3) is 0.845. The molecule has 0 spiro atoms. The number of fused-ring (bicyclic) bond motifs is 1. The van der Waals surface area contributed by atoms with Crippen LogP contribution < -0.4 is 5.32 Å². The van der Waals surface area contributed by atoms with Crippen LogP contribution in [0.5, 0.6) is 0 Å². The molecule has 2 heterocycles. The lowest BCUT2D eigenvalue weighted by molar-refractivity contribution is 0.944. The highest BCUT2D eigenvalue weighted by Gasteiger charge is 2.03. The van der Waals surface area contributed by atoms with Gasteiger partial charge in [-0.05, 0) is 6.07 Å². The number of nitrogens with one attached hydrogen (secondary N) is 1. The molecule has 0 radical (unpaired) electrons. The van der Waals surface area contributed by atoms with Gasteiger partial charge in [-0.2, -0.15) is 0 Å². The van der Waals surface area contributed by atoms with Crippen molar-refractivity contribution in [3.8, 4) is 0 Å². The van der Waals surface area contributed by atoms with E-state index in [0.717, 1.165) is 16.9 Å². The molecule has 2 aromatic rings. The van der Waals surface area contributed by atoms with Crippen LogP contribution in [0.2, 0.25) is 0 Å². The van der Waals surface area contributed by atoms with Crippen molar-refractivity contribution >= 4 is 16.9 Å². The van der Waals surface area contributed by atoms with Gasteiger partial charge in [-0.25, -0.2) is 9.97 Å². The normalized spacial score (nSPS) is 10.5. The van der Waals surface area contributed by atoms with E-state index in [9.17, 15) is 0 Å². The van der Waals surface area contributed by atoms with Crippen LogP contribution in [0.25, 0.3) is 11.0 Å². The maximum absolute atomic E-state index is 4.16. The van der Waals surface area contributed by atoms with E-state index in [1.54, 1.807) is 6.33 Å². The minimum Gasteiger partial charge on any atom is -0.372 e. The van der Waals surface area contributed by atoms with Crippen molar-refractivity contribution < 1.29 is 0 Å². The van der Waals surface area contributed by atoms with E-state index in [0.29, 0.717) is 0 Å². The first-order chi connectivity index (χ1) is 5.83. The standard InChI is InChI=1S/C8H10N4/c1-9-7-6-3-4-12(2)8(6)11-5-10-7/h3-5H,1-2H3,(H,9,10,11). The topological polar surface area (TPSA) is 42.7 Å². The van der Waals surface area contributed by atoms with Crippen molar-refractivity contribution in [1.82, 2.24) is 14.5 Å². The number of hydrogen-bond donors (Lipinski definition) is 1. The van der Waals surface area contributed by atoms with Crippen molar-refractivity contribution in [2.45, 2.75) is 0 Å². The van der Waals surface area contributed by atoms with E-state index in [2.05, 4.69) is 15.3 Å². The van der Waals surface area contributed by atoms with Gasteiger partial charge in [-0.1, -0.05) is 0 Å². The van der Waals surface area contributed by atoms with Crippen LogP contribution in [0.1, 0.15) is 0 Å². The Morgan fingerprint density at radius 2 is 2.25 bits per heavy atom. The summed E-state index contributed by atoms with van der Waals surface area (Å²) in [5.41, 5.74) is 0.953. The molecule has 4 heteroatoms. The number of hydrogen-bond acceptors (Lipinski definition) is 3. The second kappa shape index (κ2) is 2.48. The molecule has 0 fully saturated rings. The molecule has 0 saturated heterocycles. The van der Waals surface area contributed by atoms with Gasteiger partial charge in [0.25, 0.3) is 0 Å². The van der Waals surface area contributed by atoms with Gasteiger partial charge in [-0.3, -0.25) is 0 Å². The molecule has 12 heavy (non-hydrogen) atoms. The van der Waals surface area contributed by atoms with Crippen LogP contribution in [0.4, 0.5) is 5.82 Å². The van der Waals surface area contributed by atoms with Crippen LogP contribution in [0, 0.1) is 0 Å². The molecule has 0 bridgehead atoms. The SMILES string of the molecule is CNc1ncnc2c1ccn2C. The number of aryl methyl sites for hydroxylation is 1. The van der Waals surface area contributed by atoms with Gasteiger partial charge in [0.1, 0.15) is 17.8 Å². The Morgan fingerprint density at radius 1 is 1.42 bits per heavy atom. The first-order valence-electron chi connectivity index (χ1n) is 3.76. The smallest absolute Gasteiger partial charge is 0.145 e. The summed E-state index contributed by atoms with van der Waals surface area (Å²) in [6.45, 7) is 0. The summed E-state index contributed by atoms with van der Waals surface area (Å²) in [5.74, 6) is 0.876. The third-order valence-electron chi connectivity index (χ3n) is 1.90. The van der Waals surface area contributed by atoms with Gasteiger partial charge in [0.15, 0.2) is 0 Å². The lowest BCUT2D eigenvalue weighted by atomic mass is 10.4. The zero-order valence-corrected chi connectivity index (χ0v) is 7.07. The predicted octanol–water partition coefficient (Wildman–Crippen LogP) is 1.01. The molecular weight excluding hydrogens is 152 g/mol. The van der Waals surface area contributed by atoms with E-state index in [1.807, 2.05) is 30.9 Å². The number of rotatable bonds is 1. The molecule has 0 aliphatic carbocycles. The average molecular weight is 162 g/mol. The van der Waals surface area contributed by atoms with Gasteiger partial charge in [0.05, 0.1) is 5.39 Å². The van der Waals surface area contributed by atoms with Gasteiger partial charge in [0.2, 0.25) is 0 Å². The van der Waals surface area contributed by atoms with Gasteiger partial charge in [0, 0.05) is 20.3 Å². The van der Waals surface area contributed by atoms with Crippen LogP contribution in [0.3, 0.4) is 0 Å². The van der Waals surface area contributed by atoms with E-state index in [4.69, 9.17) is 0 Å². The second-order valence-electron chi connectivity index (χ2n) is 2.64. The van der Waals surface area contributed by atoms with E-state index in [-0.39, 0.29) is 0 Å². The molecular formula is C8H10N4. The van der Waals surface area contributed by atoms with Gasteiger partial charge < -0.3 is 9.88 Å². The van der Waals surface area contributed by atoms with Crippen molar-refractivity contribution in [1.29, 1.82) is 0 Å². The highest BCUT2D eigenvalue weighted by molar-refractivity contribution is 5.87. The molecule has 0 unspecified atom stereocenters. The highest BCUT2D eigenvalue weighted by Crippen LogP contribution is 2.18. The number of anilines is 1. The lowest BCUT2D eigenvalue weighted by Crippen LogP contribution is -1.95. The Balaban J connectivity index is 2.81. The van der Waals surface area contributed by atoms with E-state index >= 15 is 0 Å². The molecule has 62 valence electrons. The largest absolute Gasteiger partial charge is 0.372 e. The lowest BCUT2D eigenvalue weighted by Gasteiger charge is -1.99. The monoisotopic (exact) mass is 162 g/mol. The molecule has 0 atom stereocenters. The molecule has 0 saturated carbocycles. The van der Waals surface area contributed by atoms with E-state index in [1.165, 1.54) is 0 Å². The van der Waals surface area contributed by atoms with Gasteiger partial charge in [-0.15, -0.1) is 0 Å². The molecule has 2 rings (SSSR count). The van der Waals surface area contributed by atoms with Crippen LogP contribution in [0.15, 0.2) is 18.6 Å². The molecule has 1 N–H and O–H groups in total. The summed E-state index contributed by atoms with van der Waals surface area (Å²) in [6.07, 6.45) is 3.54. The first kappa shape index (κ1) is 7.09. The summed E-state index contributed by atoms with van der Waals surface area (Å²) in [6, 6.07) is 2.00. The Labute approximate surface area is 70.3 Å². The maximum atomic E-state index is 4.16. The van der Waals surface area contributed by atoms with Crippen molar-refractivity contribution in [2.75, 3.05) is 12.4 Å². The second-order valence-corrected chi connectivity index (χ2v) is 2.64. The Kier molecular flexibility index (Phi) is 1.46. The Bertz CT molecular complexity index is 404. The zero-order valence-electron chi connectivity index (χ0n) is 7.07. The predicted molar refractivity (Wildman–Crippen MR) is 48.1 cm³/mol. The molecule has 0 aliphatic heterocycles. The fraction of sp³-hybridized carbons (Fsp3) is 0.250. The average Bonchev–Trinajstić information content (AvgIpc) is 2.48. The fourth-order valence-corrected chi connectivity index (χ4v) is 1.28. The molecule has 0 aromatic carbocycles. The van der Waals surface area contributed by atoms with Crippen molar-refractivity contribution in [3.63, 3.8) is 0 Å². The minimum absolute atomic E-state index is 0.876. The summed E-state index contributed by atoms with van der Waals surface area (Å²) < 4.78 is 1.97. The van der Waals surface area contributed by atoms with Gasteiger partial charge >= 0.3 is 0 Å². The van der Waals surface area contributed by atoms with Crippen LogP contribution in [-0.2, 0) is 7.05 Å². The highest BCUT2D eigenvalue weighted by atomic mass is 15.1. The molecule has 0 amide bonds. The summed E-state index contributed by atoms with van der Waals surface area (Å²) in [7, 11) is 3.82. The van der Waals surface area contributed by atoms with E-state index < -0.39 is 0 Å². The molecule has 4 nitrogen and oxygen atoms in total. The van der Waals surface area contributed by atoms with Crippen LogP contribution >= 0.6 is 0 Å². The minimum atomic E-state index is 0.876. The first-order valence-corrected chi connectivity index (χ1v) is 3.76. The summed E-state index contributed by atoms with van der Waals surface area (Å²) in [5, 5.41) is 4.08. The maximum Gasteiger partial charge on any atom is 0.145 e. The summed E-state index contributed by atoms with van der Waals surface area (Å²) >= 11 is 0. The Morgan fingerprint density at radius 3 is 3.00 bits per heavy atom. The zero-order chi connectivity index (χ0) is 8.55. The number of aromatic nitrogens is 3. The fourth-order valence-electron chi connectivity index (χ4n) is 1.28. The van der Waals surface area contributed by atoms with Crippen molar-refractivity contribution in [2.24, 2.45) is 7.05 Å². The molecule has 2 aromatic heterocycles. The van der Waals surface area contributed by atoms with Crippen molar-refractivity contribution in [3.05, 3.63) is 18.6 Å². The quantitative estimate of drug-likeness (QED) is 0.680. The molecule has 0 aliphatic rings. The Hall–Kier alpha value is -1.58. The third-order valence-corrected chi connectivity index (χ3v) is 1.90. The van der Waals surface area contributed by atoms with Crippen LogP contribution in [-0.4, -0.2) is 21.6 Å². The number of nitrogens with zero attached hydrogens (tertiary/aromatic N) is 3.